The number of rotatable bonds is 8. The number of nitrogens with one attached hydrogen (secondary N) is 2. The van der Waals surface area contributed by atoms with Crippen LogP contribution in [0.5, 0.6) is 0 Å². The first-order chi connectivity index (χ1) is 12.1. The fraction of sp³-hybridized carbons (Fsp3) is 0.650. The fourth-order valence-electron chi connectivity index (χ4n) is 3.41. The maximum atomic E-state index is 4.37. The second-order valence-electron chi connectivity index (χ2n) is 7.01. The predicted octanol–water partition coefficient (Wildman–Crippen LogP) is 2.16. The Morgan fingerprint density at radius 2 is 2.08 bits per heavy atom. The van der Waals surface area contributed by atoms with Gasteiger partial charge in [-0.2, -0.15) is 0 Å². The van der Waals surface area contributed by atoms with Crippen molar-refractivity contribution in [3.8, 4) is 0 Å². The van der Waals surface area contributed by atoms with Gasteiger partial charge >= 0.3 is 0 Å². The van der Waals surface area contributed by atoms with Gasteiger partial charge in [0.2, 0.25) is 0 Å². The predicted molar refractivity (Wildman–Crippen MR) is 107 cm³/mol. The molecule has 1 aromatic carbocycles. The quantitative estimate of drug-likeness (QED) is 0.560. The minimum Gasteiger partial charge on any atom is -0.355 e. The standard InChI is InChI=1S/C20H35N5/c1-5-25-13-9-12-19(25)15-23-20(21-3)22-14-17(2)24(4)16-18-10-7-6-8-11-18/h6-8,10-11,17,19H,5,9,12-16H2,1-4H3,(H2,21,22,23). The maximum Gasteiger partial charge on any atom is 0.191 e. The normalized spacial score (nSPS) is 20.0. The van der Waals surface area contributed by atoms with Crippen molar-refractivity contribution >= 4 is 5.96 Å². The smallest absolute Gasteiger partial charge is 0.191 e. The van der Waals surface area contributed by atoms with Crippen LogP contribution in [-0.2, 0) is 6.54 Å². The summed E-state index contributed by atoms with van der Waals surface area (Å²) in [6.45, 7) is 9.68. The lowest BCUT2D eigenvalue weighted by molar-refractivity contribution is 0.248. The van der Waals surface area contributed by atoms with Crippen LogP contribution in [0.15, 0.2) is 35.3 Å². The van der Waals surface area contributed by atoms with Crippen molar-refractivity contribution in [2.75, 3.05) is 40.3 Å². The molecule has 1 aliphatic heterocycles. The Bertz CT molecular complexity index is 516. The maximum absolute atomic E-state index is 4.37. The lowest BCUT2D eigenvalue weighted by Crippen LogP contribution is -2.48. The number of hydrogen-bond donors (Lipinski definition) is 2. The van der Waals surface area contributed by atoms with Crippen molar-refractivity contribution in [1.82, 2.24) is 20.4 Å². The molecule has 0 aromatic heterocycles. The van der Waals surface area contributed by atoms with Gasteiger partial charge in [0.1, 0.15) is 0 Å². The molecule has 0 radical (unpaired) electrons. The van der Waals surface area contributed by atoms with Crippen LogP contribution in [0.2, 0.25) is 0 Å². The number of aliphatic imine (C=N–C) groups is 1. The Morgan fingerprint density at radius 1 is 1.32 bits per heavy atom. The first-order valence-corrected chi connectivity index (χ1v) is 9.56. The van der Waals surface area contributed by atoms with Crippen molar-refractivity contribution in [2.24, 2.45) is 4.99 Å². The number of guanidine groups is 1. The SMILES string of the molecule is CCN1CCCC1CNC(=NC)NCC(C)N(C)Cc1ccccc1. The number of likely N-dealkylation sites (N-methyl/N-ethyl adjacent to an activating group) is 2. The van der Waals surface area contributed by atoms with E-state index in [1.807, 2.05) is 7.05 Å². The van der Waals surface area contributed by atoms with Gasteiger partial charge in [0.15, 0.2) is 5.96 Å². The first-order valence-electron chi connectivity index (χ1n) is 9.56. The Labute approximate surface area is 153 Å². The molecule has 2 N–H and O–H groups in total. The van der Waals surface area contributed by atoms with Gasteiger partial charge < -0.3 is 10.6 Å². The molecule has 2 unspecified atom stereocenters. The van der Waals surface area contributed by atoms with Crippen LogP contribution >= 0.6 is 0 Å². The summed E-state index contributed by atoms with van der Waals surface area (Å²) in [5.74, 6) is 0.905. The third-order valence-corrected chi connectivity index (χ3v) is 5.23. The lowest BCUT2D eigenvalue weighted by Gasteiger charge is -2.27. The molecule has 5 nitrogen and oxygen atoms in total. The molecular weight excluding hydrogens is 310 g/mol. The van der Waals surface area contributed by atoms with Crippen LogP contribution in [0.4, 0.5) is 0 Å². The van der Waals surface area contributed by atoms with Gasteiger partial charge in [-0.25, -0.2) is 0 Å². The molecule has 1 fully saturated rings. The van der Waals surface area contributed by atoms with Crippen molar-refractivity contribution in [3.05, 3.63) is 35.9 Å². The molecule has 0 saturated carbocycles. The Balaban J connectivity index is 1.72. The largest absolute Gasteiger partial charge is 0.355 e. The Hall–Kier alpha value is -1.59. The summed E-state index contributed by atoms with van der Waals surface area (Å²) < 4.78 is 0. The first kappa shape index (κ1) is 19.7. The highest BCUT2D eigenvalue weighted by Crippen LogP contribution is 2.15. The molecule has 1 saturated heterocycles. The fourth-order valence-corrected chi connectivity index (χ4v) is 3.41. The number of likely N-dealkylation sites (tertiary alicyclic amines) is 1. The molecule has 2 rings (SSSR count). The third-order valence-electron chi connectivity index (χ3n) is 5.23. The molecule has 0 aliphatic carbocycles. The van der Waals surface area contributed by atoms with Crippen molar-refractivity contribution in [2.45, 2.75) is 45.3 Å². The number of hydrogen-bond acceptors (Lipinski definition) is 3. The van der Waals surface area contributed by atoms with Gasteiger partial charge in [0, 0.05) is 38.8 Å². The van der Waals surface area contributed by atoms with Crippen LogP contribution in [-0.4, -0.2) is 68.1 Å². The van der Waals surface area contributed by atoms with E-state index >= 15 is 0 Å². The average molecular weight is 346 g/mol. The zero-order chi connectivity index (χ0) is 18.1. The van der Waals surface area contributed by atoms with Crippen LogP contribution in [0, 0.1) is 0 Å². The molecule has 25 heavy (non-hydrogen) atoms. The average Bonchev–Trinajstić information content (AvgIpc) is 3.10. The van der Waals surface area contributed by atoms with E-state index in [9.17, 15) is 0 Å². The molecule has 140 valence electrons. The van der Waals surface area contributed by atoms with E-state index in [0.717, 1.165) is 32.1 Å². The van der Waals surface area contributed by atoms with E-state index in [2.05, 4.69) is 76.7 Å². The van der Waals surface area contributed by atoms with Crippen LogP contribution in [0.3, 0.4) is 0 Å². The van der Waals surface area contributed by atoms with E-state index in [1.165, 1.54) is 24.9 Å². The van der Waals surface area contributed by atoms with E-state index in [0.29, 0.717) is 12.1 Å². The Morgan fingerprint density at radius 3 is 2.76 bits per heavy atom. The molecule has 0 bridgehead atoms. The van der Waals surface area contributed by atoms with Crippen molar-refractivity contribution in [3.63, 3.8) is 0 Å². The number of benzene rings is 1. The summed E-state index contributed by atoms with van der Waals surface area (Å²) in [6, 6.07) is 11.7. The van der Waals surface area contributed by atoms with E-state index in [4.69, 9.17) is 0 Å². The summed E-state index contributed by atoms with van der Waals surface area (Å²) in [5.41, 5.74) is 1.35. The highest BCUT2D eigenvalue weighted by Gasteiger charge is 2.22. The number of nitrogens with zero attached hydrogens (tertiary/aromatic N) is 3. The van der Waals surface area contributed by atoms with Gasteiger partial charge in [0.05, 0.1) is 0 Å². The summed E-state index contributed by atoms with van der Waals surface area (Å²) in [6.07, 6.45) is 2.60. The summed E-state index contributed by atoms with van der Waals surface area (Å²) in [5, 5.41) is 6.97. The third kappa shape index (κ3) is 6.33. The molecular formula is C20H35N5. The summed E-state index contributed by atoms with van der Waals surface area (Å²) >= 11 is 0. The molecule has 1 aliphatic rings. The Kier molecular flexibility index (Phi) is 8.22. The van der Waals surface area contributed by atoms with E-state index in [-0.39, 0.29) is 0 Å². The monoisotopic (exact) mass is 345 g/mol. The minimum absolute atomic E-state index is 0.428. The van der Waals surface area contributed by atoms with Gasteiger partial charge in [-0.05, 0) is 45.5 Å². The molecule has 0 amide bonds. The van der Waals surface area contributed by atoms with Gasteiger partial charge in [-0.1, -0.05) is 37.3 Å². The van der Waals surface area contributed by atoms with Crippen LogP contribution < -0.4 is 10.6 Å². The molecule has 1 heterocycles. The van der Waals surface area contributed by atoms with Gasteiger partial charge in [0.25, 0.3) is 0 Å². The second kappa shape index (κ2) is 10.4. The molecule has 1 aromatic rings. The highest BCUT2D eigenvalue weighted by atomic mass is 15.2. The molecule has 5 heteroatoms. The van der Waals surface area contributed by atoms with Gasteiger partial charge in [-0.3, -0.25) is 14.8 Å². The summed E-state index contributed by atoms with van der Waals surface area (Å²) in [4.78, 5) is 9.29. The highest BCUT2D eigenvalue weighted by molar-refractivity contribution is 5.79. The zero-order valence-electron chi connectivity index (χ0n) is 16.3. The molecule has 2 atom stereocenters. The summed E-state index contributed by atoms with van der Waals surface area (Å²) in [7, 11) is 4.02. The second-order valence-corrected chi connectivity index (χ2v) is 7.01. The lowest BCUT2D eigenvalue weighted by atomic mass is 10.2. The van der Waals surface area contributed by atoms with Crippen molar-refractivity contribution in [1.29, 1.82) is 0 Å². The van der Waals surface area contributed by atoms with Crippen molar-refractivity contribution < 1.29 is 0 Å². The van der Waals surface area contributed by atoms with E-state index < -0.39 is 0 Å². The topological polar surface area (TPSA) is 42.9 Å². The van der Waals surface area contributed by atoms with E-state index in [1.54, 1.807) is 0 Å². The minimum atomic E-state index is 0.428. The van der Waals surface area contributed by atoms with Crippen LogP contribution in [0.1, 0.15) is 32.3 Å². The zero-order valence-corrected chi connectivity index (χ0v) is 16.3. The van der Waals surface area contributed by atoms with Gasteiger partial charge in [-0.15, -0.1) is 0 Å². The molecule has 0 spiro atoms. The van der Waals surface area contributed by atoms with Crippen LogP contribution in [0.25, 0.3) is 0 Å².